The molecule has 1 aromatic heterocycles. The molecule has 0 saturated carbocycles. The van der Waals surface area contributed by atoms with Crippen molar-refractivity contribution < 1.29 is 8.78 Å². The van der Waals surface area contributed by atoms with E-state index in [9.17, 15) is 8.78 Å². The van der Waals surface area contributed by atoms with Crippen molar-refractivity contribution >= 4 is 11.3 Å². The molecule has 0 fully saturated rings. The number of hydrogen-bond acceptors (Lipinski definition) is 1. The van der Waals surface area contributed by atoms with E-state index in [1.165, 1.54) is 11.3 Å². The minimum absolute atomic E-state index is 0.0180. The lowest BCUT2D eigenvalue weighted by molar-refractivity contribution is -0.00988. The summed E-state index contributed by atoms with van der Waals surface area (Å²) < 4.78 is 27.7. The maximum absolute atomic E-state index is 13.9. The molecule has 0 aromatic carbocycles. The van der Waals surface area contributed by atoms with E-state index >= 15 is 0 Å². The van der Waals surface area contributed by atoms with Crippen LogP contribution in [0, 0.1) is 0 Å². The third-order valence-corrected chi connectivity index (χ3v) is 4.78. The first-order valence-corrected chi connectivity index (χ1v) is 6.64. The Kier molecular flexibility index (Phi) is 2.85. The second-order valence-corrected chi connectivity index (χ2v) is 6.68. The van der Waals surface area contributed by atoms with Gasteiger partial charge in [0.2, 0.25) is 0 Å². The van der Waals surface area contributed by atoms with E-state index in [2.05, 4.69) is 20.8 Å². The van der Waals surface area contributed by atoms with Crippen LogP contribution in [0.5, 0.6) is 0 Å². The van der Waals surface area contributed by atoms with E-state index in [-0.39, 0.29) is 11.8 Å². The molecule has 0 N–H and O–H groups in total. The Morgan fingerprint density at radius 2 is 1.94 bits per heavy atom. The van der Waals surface area contributed by atoms with Crippen LogP contribution in [0.2, 0.25) is 0 Å². The summed E-state index contributed by atoms with van der Waals surface area (Å²) >= 11 is 1.31. The number of rotatable bonds is 0. The second kappa shape index (κ2) is 3.80. The van der Waals surface area contributed by atoms with Crippen LogP contribution in [0.1, 0.15) is 55.4 Å². The fourth-order valence-electron chi connectivity index (χ4n) is 2.07. The molecule has 0 radical (unpaired) electrons. The van der Waals surface area contributed by atoms with Gasteiger partial charge in [-0.05, 0) is 36.3 Å². The summed E-state index contributed by atoms with van der Waals surface area (Å²) in [6.07, 6.45) is 2.36. The van der Waals surface area contributed by atoms with E-state index in [0.717, 1.165) is 23.3 Å². The Morgan fingerprint density at radius 3 is 2.56 bits per heavy atom. The molecule has 0 nitrogen and oxygen atoms in total. The average molecular weight is 244 g/mol. The third-order valence-electron chi connectivity index (χ3n) is 3.07. The number of alkyl halides is 2. The summed E-state index contributed by atoms with van der Waals surface area (Å²) in [4.78, 5) is 1.41. The quantitative estimate of drug-likeness (QED) is 0.571. The second-order valence-electron chi connectivity index (χ2n) is 5.63. The first-order chi connectivity index (χ1) is 7.31. The molecule has 0 bridgehead atoms. The summed E-state index contributed by atoms with van der Waals surface area (Å²) in [5.74, 6) is -2.60. The Labute approximate surface area is 99.7 Å². The molecule has 1 aliphatic carbocycles. The van der Waals surface area contributed by atoms with Crippen LogP contribution >= 0.6 is 11.3 Å². The smallest absolute Gasteiger partial charge is 0.200 e. The van der Waals surface area contributed by atoms with Gasteiger partial charge in [-0.25, -0.2) is 8.78 Å². The van der Waals surface area contributed by atoms with Crippen molar-refractivity contribution in [2.45, 2.75) is 57.8 Å². The highest BCUT2D eigenvalue weighted by molar-refractivity contribution is 7.12. The topological polar surface area (TPSA) is 0 Å². The van der Waals surface area contributed by atoms with Gasteiger partial charge in [0.25, 0.3) is 5.92 Å². The summed E-state index contributed by atoms with van der Waals surface area (Å²) in [5.41, 5.74) is 0.866. The van der Waals surface area contributed by atoms with E-state index in [4.69, 9.17) is 0 Å². The van der Waals surface area contributed by atoms with Crippen molar-refractivity contribution in [3.63, 3.8) is 0 Å². The first-order valence-electron chi connectivity index (χ1n) is 5.82. The molecule has 16 heavy (non-hydrogen) atoms. The zero-order valence-corrected chi connectivity index (χ0v) is 10.9. The predicted octanol–water partition coefficient (Wildman–Crippen LogP) is 4.86. The molecule has 2 rings (SSSR count). The van der Waals surface area contributed by atoms with Crippen LogP contribution in [0.25, 0.3) is 0 Å². The molecule has 0 saturated heterocycles. The van der Waals surface area contributed by atoms with E-state index in [1.807, 2.05) is 6.07 Å². The summed E-state index contributed by atoms with van der Waals surface area (Å²) in [6, 6.07) is 2.00. The molecule has 0 spiro atoms. The molecule has 90 valence electrons. The number of thiophene rings is 1. The van der Waals surface area contributed by atoms with Crippen molar-refractivity contribution in [1.82, 2.24) is 0 Å². The Hall–Kier alpha value is -0.440. The number of aryl methyl sites for hydroxylation is 1. The molecular formula is C13H18F2S. The lowest BCUT2D eigenvalue weighted by Gasteiger charge is -2.16. The van der Waals surface area contributed by atoms with Crippen molar-refractivity contribution in [2.24, 2.45) is 0 Å². The van der Waals surface area contributed by atoms with Gasteiger partial charge in [-0.2, -0.15) is 0 Å². The van der Waals surface area contributed by atoms with Crippen molar-refractivity contribution in [3.8, 4) is 0 Å². The first kappa shape index (κ1) is 12.0. The summed E-state index contributed by atoms with van der Waals surface area (Å²) in [6.45, 7) is 6.24. The van der Waals surface area contributed by atoms with Crippen molar-refractivity contribution in [1.29, 1.82) is 0 Å². The van der Waals surface area contributed by atoms with E-state index in [1.54, 1.807) is 0 Å². The lowest BCUT2D eigenvalue weighted by Crippen LogP contribution is -2.11. The number of fused-ring (bicyclic) bond motifs is 1. The van der Waals surface area contributed by atoms with E-state index in [0.29, 0.717) is 11.3 Å². The van der Waals surface area contributed by atoms with Gasteiger partial charge in [-0.15, -0.1) is 11.3 Å². The zero-order valence-electron chi connectivity index (χ0n) is 10.1. The molecule has 1 aliphatic rings. The highest BCUT2D eigenvalue weighted by atomic mass is 32.1. The minimum atomic E-state index is -2.60. The number of halogens is 2. The third kappa shape index (κ3) is 2.15. The minimum Gasteiger partial charge on any atom is -0.200 e. The molecule has 0 amide bonds. The number of hydrogen-bond donors (Lipinski definition) is 0. The van der Waals surface area contributed by atoms with Gasteiger partial charge < -0.3 is 0 Å². The van der Waals surface area contributed by atoms with Crippen LogP contribution in [0.4, 0.5) is 8.78 Å². The Morgan fingerprint density at radius 1 is 1.25 bits per heavy atom. The van der Waals surface area contributed by atoms with Gasteiger partial charge in [0.1, 0.15) is 0 Å². The van der Waals surface area contributed by atoms with Gasteiger partial charge in [-0.3, -0.25) is 0 Å². The maximum atomic E-state index is 13.9. The molecule has 1 aromatic rings. The van der Waals surface area contributed by atoms with Gasteiger partial charge in [-0.1, -0.05) is 20.8 Å². The zero-order chi connectivity index (χ0) is 12.0. The molecule has 3 heteroatoms. The molecule has 1 heterocycles. The highest BCUT2D eigenvalue weighted by Crippen LogP contribution is 2.45. The molecule has 0 atom stereocenters. The van der Waals surface area contributed by atoms with Crippen LogP contribution in [0.3, 0.4) is 0 Å². The fourth-order valence-corrected chi connectivity index (χ4v) is 3.34. The van der Waals surface area contributed by atoms with Crippen LogP contribution in [-0.2, 0) is 17.8 Å². The van der Waals surface area contributed by atoms with Crippen molar-refractivity contribution in [3.05, 3.63) is 21.4 Å². The molecule has 0 aliphatic heterocycles. The molecular weight excluding hydrogens is 226 g/mol. The Balaban J connectivity index is 2.46. The van der Waals surface area contributed by atoms with E-state index < -0.39 is 5.92 Å². The SMILES string of the molecule is CC(C)(C)c1cc2c(s1)C(F)(F)CCCC2. The standard InChI is InChI=1S/C13H18F2S/c1-12(2,3)10-8-9-6-4-5-7-13(14,15)11(9)16-10/h8H,4-7H2,1-3H3. The highest BCUT2D eigenvalue weighted by Gasteiger charge is 2.38. The van der Waals surface area contributed by atoms with Crippen LogP contribution in [0.15, 0.2) is 6.07 Å². The van der Waals surface area contributed by atoms with Crippen LogP contribution in [-0.4, -0.2) is 0 Å². The lowest BCUT2D eigenvalue weighted by atomic mass is 9.93. The monoisotopic (exact) mass is 244 g/mol. The van der Waals surface area contributed by atoms with Gasteiger partial charge in [0.05, 0.1) is 4.88 Å². The maximum Gasteiger partial charge on any atom is 0.282 e. The van der Waals surface area contributed by atoms with Crippen molar-refractivity contribution in [2.75, 3.05) is 0 Å². The average Bonchev–Trinajstić information content (AvgIpc) is 2.51. The summed E-state index contributed by atoms with van der Waals surface area (Å²) in [5, 5.41) is 0. The van der Waals surface area contributed by atoms with Gasteiger partial charge in [0.15, 0.2) is 0 Å². The predicted molar refractivity (Wildman–Crippen MR) is 64.5 cm³/mol. The molecule has 0 unspecified atom stereocenters. The largest absolute Gasteiger partial charge is 0.282 e. The fraction of sp³-hybridized carbons (Fsp3) is 0.692. The normalized spacial score (nSPS) is 20.3. The van der Waals surface area contributed by atoms with Gasteiger partial charge in [0, 0.05) is 11.3 Å². The Bertz CT molecular complexity index is 385. The summed E-state index contributed by atoms with van der Waals surface area (Å²) in [7, 11) is 0. The van der Waals surface area contributed by atoms with Gasteiger partial charge >= 0.3 is 0 Å². The van der Waals surface area contributed by atoms with Crippen LogP contribution < -0.4 is 0 Å².